The van der Waals surface area contributed by atoms with Crippen molar-refractivity contribution in [2.75, 3.05) is 31.5 Å². The summed E-state index contributed by atoms with van der Waals surface area (Å²) >= 11 is 6.05. The summed E-state index contributed by atoms with van der Waals surface area (Å²) in [5.74, 6) is -1.58. The predicted octanol–water partition coefficient (Wildman–Crippen LogP) is 1.28. The van der Waals surface area contributed by atoms with Gasteiger partial charge < -0.3 is 15.1 Å². The third kappa shape index (κ3) is 3.57. The number of carbonyl (C=O) groups is 3. The Balaban J connectivity index is 1.97. The van der Waals surface area contributed by atoms with E-state index in [9.17, 15) is 14.4 Å². The fourth-order valence-corrected chi connectivity index (χ4v) is 2.53. The van der Waals surface area contributed by atoms with E-state index in [1.54, 1.807) is 12.1 Å². The Labute approximate surface area is 134 Å². The van der Waals surface area contributed by atoms with Gasteiger partial charge in [-0.2, -0.15) is 0 Å². The molecule has 1 heterocycles. The summed E-state index contributed by atoms with van der Waals surface area (Å²) in [4.78, 5) is 38.5. The van der Waals surface area contributed by atoms with Crippen LogP contribution < -0.4 is 5.32 Å². The van der Waals surface area contributed by atoms with Gasteiger partial charge in [-0.05, 0) is 31.5 Å². The maximum Gasteiger partial charge on any atom is 0.312 e. The Hall–Kier alpha value is -2.08. The van der Waals surface area contributed by atoms with Gasteiger partial charge in [-0.3, -0.25) is 14.4 Å². The summed E-state index contributed by atoms with van der Waals surface area (Å²) in [5.41, 5.74) is 1.47. The first-order chi connectivity index (χ1) is 10.4. The molecule has 0 saturated carbocycles. The fraction of sp³-hybridized carbons (Fsp3) is 0.400. The Bertz CT molecular complexity index is 618. The number of carbonyl (C=O) groups excluding carboxylic acids is 3. The SMILES string of the molecule is CCN1CCN(CC(=O)Nc2ccc(C)cc2Cl)C(=O)C1=O. The van der Waals surface area contributed by atoms with E-state index in [0.717, 1.165) is 5.56 Å². The van der Waals surface area contributed by atoms with Crippen LogP contribution in [0.1, 0.15) is 12.5 Å². The second kappa shape index (κ2) is 6.79. The standard InChI is InChI=1S/C15H18ClN3O3/c1-3-18-6-7-19(15(22)14(18)21)9-13(20)17-12-5-4-10(2)8-11(12)16/h4-5,8H,3,6-7,9H2,1-2H3,(H,17,20). The van der Waals surface area contributed by atoms with Gasteiger partial charge in [0, 0.05) is 19.6 Å². The minimum Gasteiger partial charge on any atom is -0.333 e. The predicted molar refractivity (Wildman–Crippen MR) is 83.7 cm³/mol. The number of nitrogens with one attached hydrogen (secondary N) is 1. The number of nitrogens with zero attached hydrogens (tertiary/aromatic N) is 2. The molecule has 7 heteroatoms. The molecular formula is C15H18ClN3O3. The van der Waals surface area contributed by atoms with Crippen LogP contribution in [0.3, 0.4) is 0 Å². The van der Waals surface area contributed by atoms with Gasteiger partial charge in [0.1, 0.15) is 6.54 Å². The highest BCUT2D eigenvalue weighted by molar-refractivity contribution is 6.36. The summed E-state index contributed by atoms with van der Waals surface area (Å²) in [6.07, 6.45) is 0. The van der Waals surface area contributed by atoms with Crippen molar-refractivity contribution >= 4 is 35.0 Å². The lowest BCUT2D eigenvalue weighted by Gasteiger charge is -2.32. The van der Waals surface area contributed by atoms with Crippen LogP contribution >= 0.6 is 11.6 Å². The Morgan fingerprint density at radius 1 is 1.23 bits per heavy atom. The molecule has 1 aliphatic heterocycles. The molecular weight excluding hydrogens is 306 g/mol. The van der Waals surface area contributed by atoms with E-state index in [2.05, 4.69) is 5.32 Å². The summed E-state index contributed by atoms with van der Waals surface area (Å²) < 4.78 is 0. The maximum atomic E-state index is 12.0. The number of likely N-dealkylation sites (N-methyl/N-ethyl adjacent to an activating group) is 1. The number of halogens is 1. The van der Waals surface area contributed by atoms with E-state index in [4.69, 9.17) is 11.6 Å². The molecule has 1 saturated heterocycles. The first-order valence-corrected chi connectivity index (χ1v) is 7.44. The van der Waals surface area contributed by atoms with Gasteiger partial charge in [0.25, 0.3) is 0 Å². The quantitative estimate of drug-likeness (QED) is 0.849. The summed E-state index contributed by atoms with van der Waals surface area (Å²) in [7, 11) is 0. The molecule has 0 aliphatic carbocycles. The molecule has 0 atom stereocenters. The zero-order valence-corrected chi connectivity index (χ0v) is 13.3. The largest absolute Gasteiger partial charge is 0.333 e. The second-order valence-electron chi connectivity index (χ2n) is 5.14. The highest BCUT2D eigenvalue weighted by Crippen LogP contribution is 2.22. The molecule has 0 unspecified atom stereocenters. The van der Waals surface area contributed by atoms with Crippen molar-refractivity contribution in [1.82, 2.24) is 9.80 Å². The highest BCUT2D eigenvalue weighted by Gasteiger charge is 2.32. The van der Waals surface area contributed by atoms with Gasteiger partial charge in [-0.15, -0.1) is 0 Å². The minimum atomic E-state index is -0.641. The zero-order chi connectivity index (χ0) is 16.3. The van der Waals surface area contributed by atoms with Crippen molar-refractivity contribution in [3.63, 3.8) is 0 Å². The van der Waals surface area contributed by atoms with E-state index in [0.29, 0.717) is 30.3 Å². The number of benzene rings is 1. The van der Waals surface area contributed by atoms with Crippen LogP contribution in [-0.2, 0) is 14.4 Å². The van der Waals surface area contributed by atoms with E-state index in [-0.39, 0.29) is 12.5 Å². The number of piperazine rings is 1. The van der Waals surface area contributed by atoms with Crippen molar-refractivity contribution < 1.29 is 14.4 Å². The molecule has 1 aromatic carbocycles. The normalized spacial score (nSPS) is 15.2. The Morgan fingerprint density at radius 2 is 1.86 bits per heavy atom. The molecule has 22 heavy (non-hydrogen) atoms. The van der Waals surface area contributed by atoms with Gasteiger partial charge in [0.15, 0.2) is 0 Å². The van der Waals surface area contributed by atoms with Gasteiger partial charge in [-0.25, -0.2) is 0 Å². The third-order valence-electron chi connectivity index (χ3n) is 3.51. The number of hydrogen-bond acceptors (Lipinski definition) is 3. The van der Waals surface area contributed by atoms with Crippen LogP contribution in [0.4, 0.5) is 5.69 Å². The molecule has 1 aromatic rings. The van der Waals surface area contributed by atoms with E-state index < -0.39 is 11.8 Å². The first-order valence-electron chi connectivity index (χ1n) is 7.06. The third-order valence-corrected chi connectivity index (χ3v) is 3.82. The molecule has 0 radical (unpaired) electrons. The van der Waals surface area contributed by atoms with Crippen LogP contribution in [0.15, 0.2) is 18.2 Å². The van der Waals surface area contributed by atoms with Crippen LogP contribution in [0.2, 0.25) is 5.02 Å². The van der Waals surface area contributed by atoms with E-state index in [1.165, 1.54) is 9.80 Å². The van der Waals surface area contributed by atoms with E-state index in [1.807, 2.05) is 19.9 Å². The number of aryl methyl sites for hydroxylation is 1. The summed E-state index contributed by atoms with van der Waals surface area (Å²) in [6, 6.07) is 5.28. The molecule has 2 rings (SSSR count). The van der Waals surface area contributed by atoms with Crippen LogP contribution in [0.25, 0.3) is 0 Å². The number of hydrogen-bond donors (Lipinski definition) is 1. The van der Waals surface area contributed by atoms with Crippen molar-refractivity contribution in [3.8, 4) is 0 Å². The van der Waals surface area contributed by atoms with Gasteiger partial charge in [0.05, 0.1) is 10.7 Å². The monoisotopic (exact) mass is 323 g/mol. The average Bonchev–Trinajstić information content (AvgIpc) is 2.47. The summed E-state index contributed by atoms with van der Waals surface area (Å²) in [6.45, 7) is 4.84. The molecule has 1 aliphatic rings. The molecule has 0 spiro atoms. The lowest BCUT2D eigenvalue weighted by Crippen LogP contribution is -2.55. The minimum absolute atomic E-state index is 0.160. The van der Waals surface area contributed by atoms with Crippen molar-refractivity contribution in [2.45, 2.75) is 13.8 Å². The lowest BCUT2D eigenvalue weighted by molar-refractivity contribution is -0.156. The van der Waals surface area contributed by atoms with Crippen molar-refractivity contribution in [1.29, 1.82) is 0 Å². The molecule has 3 amide bonds. The second-order valence-corrected chi connectivity index (χ2v) is 5.55. The number of amides is 3. The van der Waals surface area contributed by atoms with Crippen LogP contribution in [-0.4, -0.2) is 53.7 Å². The van der Waals surface area contributed by atoms with Gasteiger partial charge in [-0.1, -0.05) is 17.7 Å². The molecule has 6 nitrogen and oxygen atoms in total. The van der Waals surface area contributed by atoms with Crippen LogP contribution in [0.5, 0.6) is 0 Å². The molecule has 1 fully saturated rings. The van der Waals surface area contributed by atoms with Crippen molar-refractivity contribution in [2.24, 2.45) is 0 Å². The first kappa shape index (κ1) is 16.3. The van der Waals surface area contributed by atoms with Crippen LogP contribution in [0, 0.1) is 6.92 Å². The van der Waals surface area contributed by atoms with Gasteiger partial charge in [0.2, 0.25) is 5.91 Å². The molecule has 0 aromatic heterocycles. The molecule has 1 N–H and O–H groups in total. The highest BCUT2D eigenvalue weighted by atomic mass is 35.5. The molecule has 118 valence electrons. The fourth-order valence-electron chi connectivity index (χ4n) is 2.25. The van der Waals surface area contributed by atoms with Gasteiger partial charge >= 0.3 is 11.8 Å². The average molecular weight is 324 g/mol. The smallest absolute Gasteiger partial charge is 0.312 e. The topological polar surface area (TPSA) is 69.7 Å². The Morgan fingerprint density at radius 3 is 2.50 bits per heavy atom. The number of anilines is 1. The molecule has 0 bridgehead atoms. The zero-order valence-electron chi connectivity index (χ0n) is 12.6. The van der Waals surface area contributed by atoms with E-state index >= 15 is 0 Å². The maximum absolute atomic E-state index is 12.0. The Kier molecular flexibility index (Phi) is 5.03. The van der Waals surface area contributed by atoms with Crippen molar-refractivity contribution in [3.05, 3.63) is 28.8 Å². The summed E-state index contributed by atoms with van der Waals surface area (Å²) in [5, 5.41) is 3.09. The lowest BCUT2D eigenvalue weighted by atomic mass is 10.2. The number of rotatable bonds is 4.